The third-order valence-electron chi connectivity index (χ3n) is 6.93. The van der Waals surface area contributed by atoms with E-state index in [9.17, 15) is 19.2 Å². The van der Waals surface area contributed by atoms with E-state index in [-0.39, 0.29) is 13.0 Å². The summed E-state index contributed by atoms with van der Waals surface area (Å²) in [6.45, 7) is -1.11. The van der Waals surface area contributed by atoms with E-state index in [0.717, 1.165) is 22.3 Å². The standard InChI is InChI=1S/C34H34N4O5/c39-30(35-24-32(41)42)22-36-33(43)29(21-25-13-5-1-6-14-25)38-31(40)23-37-34(26-15-7-2-8-16-26,27-17-9-3-10-18-27)28-19-11-4-12-20-28/h1-20,29,37H,21-24H2,(H,35,39)(H,36,43)(H,38,40)(H,41,42)/t29-/m0/s1. The van der Waals surface area contributed by atoms with Gasteiger partial charge in [0.05, 0.1) is 18.6 Å². The molecule has 4 aromatic rings. The van der Waals surface area contributed by atoms with Crippen molar-refractivity contribution in [1.29, 1.82) is 0 Å². The number of carboxylic acids is 1. The Morgan fingerprint density at radius 3 is 1.51 bits per heavy atom. The van der Waals surface area contributed by atoms with E-state index >= 15 is 0 Å². The van der Waals surface area contributed by atoms with Gasteiger partial charge in [0.25, 0.3) is 0 Å². The minimum atomic E-state index is -1.20. The molecule has 0 bridgehead atoms. The highest BCUT2D eigenvalue weighted by molar-refractivity contribution is 5.91. The summed E-state index contributed by atoms with van der Waals surface area (Å²) in [6, 6.07) is 37.8. The topological polar surface area (TPSA) is 137 Å². The second-order valence-electron chi connectivity index (χ2n) is 9.90. The lowest BCUT2D eigenvalue weighted by Gasteiger charge is -2.37. The Balaban J connectivity index is 1.56. The average molecular weight is 579 g/mol. The van der Waals surface area contributed by atoms with Crippen LogP contribution in [0.1, 0.15) is 22.3 Å². The third-order valence-corrected chi connectivity index (χ3v) is 6.93. The monoisotopic (exact) mass is 578 g/mol. The molecule has 0 spiro atoms. The van der Waals surface area contributed by atoms with Crippen molar-refractivity contribution in [2.45, 2.75) is 18.0 Å². The summed E-state index contributed by atoms with van der Waals surface area (Å²) in [4.78, 5) is 49.4. The van der Waals surface area contributed by atoms with Gasteiger partial charge in [0.1, 0.15) is 12.6 Å². The Morgan fingerprint density at radius 1 is 0.581 bits per heavy atom. The van der Waals surface area contributed by atoms with Crippen LogP contribution in [0.4, 0.5) is 0 Å². The first-order valence-corrected chi connectivity index (χ1v) is 13.9. The zero-order valence-corrected chi connectivity index (χ0v) is 23.5. The number of carboxylic acid groups (broad SMARTS) is 1. The molecule has 43 heavy (non-hydrogen) atoms. The summed E-state index contributed by atoms with van der Waals surface area (Å²) < 4.78 is 0. The van der Waals surface area contributed by atoms with Crippen molar-refractivity contribution >= 4 is 23.7 Å². The van der Waals surface area contributed by atoms with Gasteiger partial charge in [-0.2, -0.15) is 0 Å². The second-order valence-corrected chi connectivity index (χ2v) is 9.90. The highest BCUT2D eigenvalue weighted by Crippen LogP contribution is 2.36. The van der Waals surface area contributed by atoms with Gasteiger partial charge in [-0.25, -0.2) is 0 Å². The zero-order chi connectivity index (χ0) is 30.5. The summed E-state index contributed by atoms with van der Waals surface area (Å²) in [6.07, 6.45) is 0.191. The van der Waals surface area contributed by atoms with Gasteiger partial charge in [0.2, 0.25) is 17.7 Å². The molecule has 4 aromatic carbocycles. The molecule has 0 saturated heterocycles. The van der Waals surface area contributed by atoms with Crippen molar-refractivity contribution in [1.82, 2.24) is 21.3 Å². The Hall–Kier alpha value is -5.28. The van der Waals surface area contributed by atoms with Crippen LogP contribution in [0.15, 0.2) is 121 Å². The molecule has 0 unspecified atom stereocenters. The lowest BCUT2D eigenvalue weighted by Crippen LogP contribution is -2.54. The van der Waals surface area contributed by atoms with Crippen molar-refractivity contribution in [2.75, 3.05) is 19.6 Å². The Kier molecular flexibility index (Phi) is 10.8. The van der Waals surface area contributed by atoms with E-state index in [1.54, 1.807) is 0 Å². The normalized spacial score (nSPS) is 11.6. The van der Waals surface area contributed by atoms with Crippen LogP contribution in [0.25, 0.3) is 0 Å². The highest BCUT2D eigenvalue weighted by atomic mass is 16.4. The molecule has 4 rings (SSSR count). The van der Waals surface area contributed by atoms with Crippen molar-refractivity contribution in [2.24, 2.45) is 0 Å². The molecule has 5 N–H and O–H groups in total. The minimum Gasteiger partial charge on any atom is -0.480 e. The Bertz CT molecular complexity index is 1400. The largest absolute Gasteiger partial charge is 0.480 e. The van der Waals surface area contributed by atoms with E-state index in [1.165, 1.54) is 0 Å². The van der Waals surface area contributed by atoms with Gasteiger partial charge >= 0.3 is 5.97 Å². The minimum absolute atomic E-state index is 0.129. The first-order chi connectivity index (χ1) is 20.9. The fourth-order valence-corrected chi connectivity index (χ4v) is 4.92. The molecular weight excluding hydrogens is 544 g/mol. The fourth-order valence-electron chi connectivity index (χ4n) is 4.92. The van der Waals surface area contributed by atoms with Crippen molar-refractivity contribution in [3.8, 4) is 0 Å². The number of carbonyl (C=O) groups is 4. The lowest BCUT2D eigenvalue weighted by molar-refractivity contribution is -0.138. The van der Waals surface area contributed by atoms with Gasteiger partial charge in [0.15, 0.2) is 0 Å². The molecule has 3 amide bonds. The van der Waals surface area contributed by atoms with E-state index < -0.39 is 48.4 Å². The van der Waals surface area contributed by atoms with Crippen LogP contribution in [-0.2, 0) is 31.1 Å². The molecule has 0 radical (unpaired) electrons. The van der Waals surface area contributed by atoms with Gasteiger partial charge in [0, 0.05) is 6.42 Å². The fraction of sp³-hybridized carbons (Fsp3) is 0.176. The molecule has 0 heterocycles. The molecule has 0 aromatic heterocycles. The molecule has 0 saturated carbocycles. The van der Waals surface area contributed by atoms with Crippen LogP contribution in [0.3, 0.4) is 0 Å². The van der Waals surface area contributed by atoms with E-state index in [4.69, 9.17) is 5.11 Å². The molecule has 9 nitrogen and oxygen atoms in total. The maximum atomic E-state index is 13.5. The maximum absolute atomic E-state index is 13.5. The average Bonchev–Trinajstić information content (AvgIpc) is 3.04. The maximum Gasteiger partial charge on any atom is 0.322 e. The Morgan fingerprint density at radius 2 is 1.05 bits per heavy atom. The molecule has 220 valence electrons. The Labute approximate surface area is 250 Å². The van der Waals surface area contributed by atoms with E-state index in [2.05, 4.69) is 21.3 Å². The van der Waals surface area contributed by atoms with Crippen LogP contribution in [0.5, 0.6) is 0 Å². The molecule has 0 fully saturated rings. The third kappa shape index (κ3) is 8.37. The summed E-state index contributed by atoms with van der Waals surface area (Å²) >= 11 is 0. The quantitative estimate of drug-likeness (QED) is 0.146. The summed E-state index contributed by atoms with van der Waals surface area (Å²) in [5.74, 6) is -2.83. The van der Waals surface area contributed by atoms with E-state index in [1.807, 2.05) is 121 Å². The zero-order valence-electron chi connectivity index (χ0n) is 23.5. The summed E-state index contributed by atoms with van der Waals surface area (Å²) in [5, 5.41) is 19.8. The van der Waals surface area contributed by atoms with Gasteiger partial charge in [-0.05, 0) is 22.3 Å². The van der Waals surface area contributed by atoms with Gasteiger partial charge < -0.3 is 21.1 Å². The van der Waals surface area contributed by atoms with E-state index in [0.29, 0.717) is 0 Å². The van der Waals surface area contributed by atoms with Crippen LogP contribution in [0.2, 0.25) is 0 Å². The lowest BCUT2D eigenvalue weighted by atomic mass is 9.77. The van der Waals surface area contributed by atoms with Crippen molar-refractivity contribution < 1.29 is 24.3 Å². The molecule has 0 aliphatic heterocycles. The first-order valence-electron chi connectivity index (χ1n) is 13.9. The predicted octanol–water partition coefficient (Wildman–Crippen LogP) is 2.61. The molecule has 0 aliphatic carbocycles. The van der Waals surface area contributed by atoms with Crippen molar-refractivity contribution in [3.63, 3.8) is 0 Å². The van der Waals surface area contributed by atoms with Crippen molar-refractivity contribution in [3.05, 3.63) is 144 Å². The number of rotatable bonds is 14. The number of hydrogen-bond acceptors (Lipinski definition) is 5. The summed E-state index contributed by atoms with van der Waals surface area (Å²) in [5.41, 5.74) is 2.75. The predicted molar refractivity (Wildman–Crippen MR) is 163 cm³/mol. The van der Waals surface area contributed by atoms with Crippen LogP contribution < -0.4 is 21.3 Å². The van der Waals surface area contributed by atoms with Crippen LogP contribution in [-0.4, -0.2) is 54.5 Å². The summed E-state index contributed by atoms with van der Waals surface area (Å²) in [7, 11) is 0. The number of nitrogens with one attached hydrogen (secondary N) is 4. The first kappa shape index (κ1) is 30.7. The number of benzene rings is 4. The number of amides is 3. The molecule has 0 aliphatic rings. The number of carbonyl (C=O) groups excluding carboxylic acids is 3. The van der Waals surface area contributed by atoms with Gasteiger partial charge in [-0.3, -0.25) is 24.5 Å². The van der Waals surface area contributed by atoms with Crippen LogP contribution >= 0.6 is 0 Å². The smallest absolute Gasteiger partial charge is 0.322 e. The molecular formula is C34H34N4O5. The SMILES string of the molecule is O=C(O)CNC(=O)CNC(=O)[C@H](Cc1ccccc1)NC(=O)CNC(c1ccccc1)(c1ccccc1)c1ccccc1. The van der Waals surface area contributed by atoms with Gasteiger partial charge in [-0.15, -0.1) is 0 Å². The highest BCUT2D eigenvalue weighted by Gasteiger charge is 2.36. The molecule has 1 atom stereocenters. The molecule has 9 heteroatoms. The number of aliphatic carboxylic acids is 1. The second kappa shape index (κ2) is 15.1. The number of hydrogen-bond donors (Lipinski definition) is 5. The van der Waals surface area contributed by atoms with Crippen LogP contribution in [0, 0.1) is 0 Å². The van der Waals surface area contributed by atoms with Gasteiger partial charge in [-0.1, -0.05) is 121 Å².